The largest absolute Gasteiger partial charge is 0.384 e. The van der Waals surface area contributed by atoms with Crippen LogP contribution >= 0.6 is 0 Å². The summed E-state index contributed by atoms with van der Waals surface area (Å²) in [6, 6.07) is 8.22. The molecular weight excluding hydrogens is 367 g/mol. The van der Waals surface area contributed by atoms with Gasteiger partial charge < -0.3 is 15.6 Å². The van der Waals surface area contributed by atoms with E-state index in [1.807, 2.05) is 6.33 Å². The highest BCUT2D eigenvalue weighted by molar-refractivity contribution is 5.75. The van der Waals surface area contributed by atoms with Crippen LogP contribution in [-0.2, 0) is 0 Å². The highest BCUT2D eigenvalue weighted by atomic mass is 19.1. The van der Waals surface area contributed by atoms with Crippen LogP contribution in [0, 0.1) is 5.82 Å². The smallest absolute Gasteiger partial charge is 0.180 e. The van der Waals surface area contributed by atoms with E-state index in [0.29, 0.717) is 11.6 Å². The molecule has 1 saturated heterocycles. The van der Waals surface area contributed by atoms with Crippen LogP contribution in [-0.4, -0.2) is 30.6 Å². The number of nitrogens with zero attached hydrogens (tertiary/aromatic N) is 4. The number of imidazole rings is 1. The molecule has 0 unspecified atom stereocenters. The molecule has 1 aliphatic rings. The average molecular weight is 394 g/mol. The van der Waals surface area contributed by atoms with Crippen LogP contribution in [0.15, 0.2) is 42.9 Å². The maximum absolute atomic E-state index is 13.5. The van der Waals surface area contributed by atoms with Crippen molar-refractivity contribution in [3.8, 4) is 22.8 Å². The molecule has 1 aliphatic heterocycles. The van der Waals surface area contributed by atoms with Crippen molar-refractivity contribution in [2.75, 3.05) is 5.73 Å². The third kappa shape index (κ3) is 4.00. The van der Waals surface area contributed by atoms with Crippen LogP contribution in [0.5, 0.6) is 0 Å². The Balaban J connectivity index is 1.87. The highest BCUT2D eigenvalue weighted by Gasteiger charge is 2.39. The standard InChI is InChI=1S/C22H27FN6/c1-21(2)11-16(12-22(3,4)28-21)29-13-26-18(14-5-7-15(23)8-6-14)19(29)20-25-10-9-17(24)27-20/h5-10,13,16,28H,11-12H2,1-4H3,(H2,24,25,27). The van der Waals surface area contributed by atoms with Crippen LogP contribution in [0.2, 0.25) is 0 Å². The summed E-state index contributed by atoms with van der Waals surface area (Å²) >= 11 is 0. The van der Waals surface area contributed by atoms with Crippen LogP contribution in [0.4, 0.5) is 10.2 Å². The molecule has 0 bridgehead atoms. The van der Waals surface area contributed by atoms with Gasteiger partial charge in [-0.05, 0) is 70.9 Å². The number of halogens is 1. The second kappa shape index (κ2) is 6.91. The lowest BCUT2D eigenvalue weighted by Crippen LogP contribution is -2.57. The lowest BCUT2D eigenvalue weighted by atomic mass is 9.79. The number of hydrogen-bond donors (Lipinski definition) is 2. The van der Waals surface area contributed by atoms with Gasteiger partial charge in [-0.3, -0.25) is 0 Å². The number of nitrogens with one attached hydrogen (secondary N) is 1. The Labute approximate surface area is 170 Å². The fraction of sp³-hybridized carbons (Fsp3) is 0.409. The van der Waals surface area contributed by atoms with Crippen LogP contribution in [0.1, 0.15) is 46.6 Å². The lowest BCUT2D eigenvalue weighted by Gasteiger charge is -2.47. The lowest BCUT2D eigenvalue weighted by molar-refractivity contribution is 0.133. The molecule has 0 atom stereocenters. The molecule has 0 aliphatic carbocycles. The topological polar surface area (TPSA) is 81.7 Å². The summed E-state index contributed by atoms with van der Waals surface area (Å²) in [4.78, 5) is 13.6. The van der Waals surface area contributed by atoms with E-state index >= 15 is 0 Å². The van der Waals surface area contributed by atoms with Gasteiger partial charge in [-0.25, -0.2) is 19.3 Å². The number of anilines is 1. The second-order valence-corrected chi connectivity index (χ2v) is 9.12. The molecule has 3 aromatic rings. The molecule has 3 N–H and O–H groups in total. The molecule has 6 nitrogen and oxygen atoms in total. The molecule has 1 aromatic carbocycles. The number of rotatable bonds is 3. The van der Waals surface area contributed by atoms with Crippen LogP contribution < -0.4 is 11.1 Å². The van der Waals surface area contributed by atoms with Gasteiger partial charge in [-0.1, -0.05) is 0 Å². The van der Waals surface area contributed by atoms with E-state index in [1.54, 1.807) is 24.4 Å². The Morgan fingerprint density at radius 1 is 1.03 bits per heavy atom. The van der Waals surface area contributed by atoms with Crippen molar-refractivity contribution in [2.24, 2.45) is 0 Å². The van der Waals surface area contributed by atoms with Gasteiger partial charge in [0.15, 0.2) is 5.82 Å². The summed E-state index contributed by atoms with van der Waals surface area (Å²) in [7, 11) is 0. The van der Waals surface area contributed by atoms with Crippen molar-refractivity contribution >= 4 is 5.82 Å². The molecule has 0 spiro atoms. The van der Waals surface area contributed by atoms with E-state index < -0.39 is 0 Å². The van der Waals surface area contributed by atoms with Gasteiger partial charge in [0.1, 0.15) is 17.3 Å². The third-order valence-corrected chi connectivity index (χ3v) is 5.36. The first-order chi connectivity index (χ1) is 13.6. The quantitative estimate of drug-likeness (QED) is 0.695. The van der Waals surface area contributed by atoms with Crippen molar-refractivity contribution in [3.63, 3.8) is 0 Å². The van der Waals surface area contributed by atoms with Crippen molar-refractivity contribution in [2.45, 2.75) is 57.7 Å². The number of benzene rings is 1. The maximum Gasteiger partial charge on any atom is 0.180 e. The van der Waals surface area contributed by atoms with Crippen molar-refractivity contribution < 1.29 is 4.39 Å². The zero-order chi connectivity index (χ0) is 20.8. The fourth-order valence-corrected chi connectivity index (χ4v) is 4.63. The molecule has 152 valence electrons. The van der Waals surface area contributed by atoms with Crippen LogP contribution in [0.25, 0.3) is 22.8 Å². The predicted octanol–water partition coefficient (Wildman–Crippen LogP) is 4.21. The SMILES string of the molecule is CC1(C)CC(n2cnc(-c3ccc(F)cc3)c2-c2nccc(N)n2)CC(C)(C)N1. The molecule has 0 saturated carbocycles. The maximum atomic E-state index is 13.5. The highest BCUT2D eigenvalue weighted by Crippen LogP contribution is 2.40. The molecule has 7 heteroatoms. The summed E-state index contributed by atoms with van der Waals surface area (Å²) in [6.07, 6.45) is 5.37. The number of aromatic nitrogens is 4. The Morgan fingerprint density at radius 3 is 2.31 bits per heavy atom. The molecule has 2 aromatic heterocycles. The number of hydrogen-bond acceptors (Lipinski definition) is 5. The summed E-state index contributed by atoms with van der Waals surface area (Å²) in [6.45, 7) is 8.87. The van der Waals surface area contributed by atoms with E-state index in [2.05, 4.69) is 47.5 Å². The second-order valence-electron chi connectivity index (χ2n) is 9.12. The van der Waals surface area contributed by atoms with Gasteiger partial charge in [-0.2, -0.15) is 0 Å². The third-order valence-electron chi connectivity index (χ3n) is 5.36. The fourth-order valence-electron chi connectivity index (χ4n) is 4.63. The summed E-state index contributed by atoms with van der Waals surface area (Å²) in [5.41, 5.74) is 8.25. The first-order valence-corrected chi connectivity index (χ1v) is 9.85. The van der Waals surface area contributed by atoms with Crippen LogP contribution in [0.3, 0.4) is 0 Å². The summed E-state index contributed by atoms with van der Waals surface area (Å²) in [5, 5.41) is 3.72. The molecule has 3 heterocycles. The van der Waals surface area contributed by atoms with E-state index in [0.717, 1.165) is 29.8 Å². The zero-order valence-electron chi connectivity index (χ0n) is 17.3. The Kier molecular flexibility index (Phi) is 4.65. The first-order valence-electron chi connectivity index (χ1n) is 9.85. The van der Waals surface area contributed by atoms with E-state index in [9.17, 15) is 4.39 Å². The van der Waals surface area contributed by atoms with Crippen molar-refractivity contribution in [1.82, 2.24) is 24.8 Å². The van der Waals surface area contributed by atoms with Gasteiger partial charge in [0.25, 0.3) is 0 Å². The number of nitrogen functional groups attached to an aromatic ring is 1. The Bertz CT molecular complexity index is 1010. The Morgan fingerprint density at radius 2 is 1.69 bits per heavy atom. The van der Waals surface area contributed by atoms with Gasteiger partial charge in [0, 0.05) is 28.9 Å². The van der Waals surface area contributed by atoms with Gasteiger partial charge in [0.05, 0.1) is 12.0 Å². The number of piperidine rings is 1. The van der Waals surface area contributed by atoms with Gasteiger partial charge in [-0.15, -0.1) is 0 Å². The first kappa shape index (κ1) is 19.5. The minimum absolute atomic E-state index is 0.0272. The van der Waals surface area contributed by atoms with E-state index in [4.69, 9.17) is 10.7 Å². The van der Waals surface area contributed by atoms with Crippen molar-refractivity contribution in [3.05, 3.63) is 48.7 Å². The van der Waals surface area contributed by atoms with Crippen molar-refractivity contribution in [1.29, 1.82) is 0 Å². The molecule has 0 amide bonds. The monoisotopic (exact) mass is 394 g/mol. The van der Waals surface area contributed by atoms with E-state index in [-0.39, 0.29) is 22.9 Å². The minimum Gasteiger partial charge on any atom is -0.384 e. The van der Waals surface area contributed by atoms with E-state index in [1.165, 1.54) is 12.1 Å². The molecule has 29 heavy (non-hydrogen) atoms. The predicted molar refractivity (Wildman–Crippen MR) is 113 cm³/mol. The molecular formula is C22H27FN6. The summed E-state index contributed by atoms with van der Waals surface area (Å²) in [5.74, 6) is 0.645. The normalized spacial score (nSPS) is 18.7. The molecule has 4 rings (SSSR count). The zero-order valence-corrected chi connectivity index (χ0v) is 17.3. The number of nitrogens with two attached hydrogens (primary N) is 1. The average Bonchev–Trinajstić information content (AvgIpc) is 3.05. The minimum atomic E-state index is -0.281. The summed E-state index contributed by atoms with van der Waals surface area (Å²) < 4.78 is 15.6. The molecule has 0 radical (unpaired) electrons. The Hall–Kier alpha value is -2.80. The van der Waals surface area contributed by atoms with Gasteiger partial charge >= 0.3 is 0 Å². The molecule has 1 fully saturated rings. The van der Waals surface area contributed by atoms with Gasteiger partial charge in [0.2, 0.25) is 0 Å².